The molecule has 0 aromatic heterocycles. The molecule has 1 fully saturated rings. The lowest BCUT2D eigenvalue weighted by Gasteiger charge is -2.30. The number of likely N-dealkylation sites (tertiary alicyclic amines) is 1. The maximum Gasteiger partial charge on any atom is 0.320 e. The van der Waals surface area contributed by atoms with E-state index in [2.05, 4.69) is 30.0 Å². The molecule has 0 amide bonds. The Balaban J connectivity index is 1.74. The molecule has 1 aromatic rings. The highest BCUT2D eigenvalue weighted by Crippen LogP contribution is 2.29. The molecule has 1 N–H and O–H groups in total. The number of hydrogen-bond donors (Lipinski definition) is 1. The van der Waals surface area contributed by atoms with Crippen LogP contribution in [0.5, 0.6) is 0 Å². The van der Waals surface area contributed by atoms with Gasteiger partial charge in [-0.25, -0.2) is 0 Å². The van der Waals surface area contributed by atoms with Crippen molar-refractivity contribution in [2.24, 2.45) is 0 Å². The van der Waals surface area contributed by atoms with Gasteiger partial charge in [-0.15, -0.1) is 0 Å². The molecule has 20 heavy (non-hydrogen) atoms. The molecule has 0 spiro atoms. The average Bonchev–Trinajstić information content (AvgIpc) is 2.81. The van der Waals surface area contributed by atoms with Crippen molar-refractivity contribution in [3.8, 4) is 0 Å². The molecule has 0 radical (unpaired) electrons. The predicted molar refractivity (Wildman–Crippen MR) is 79.0 cm³/mol. The van der Waals surface area contributed by atoms with Crippen LogP contribution >= 0.6 is 0 Å². The lowest BCUT2D eigenvalue weighted by Crippen LogP contribution is -2.43. The smallest absolute Gasteiger partial charge is 0.320 e. The summed E-state index contributed by atoms with van der Waals surface area (Å²) in [6.07, 6.45) is 6.21. The number of carboxylic acid groups (broad SMARTS) is 1. The second-order valence-electron chi connectivity index (χ2n) is 6.24. The van der Waals surface area contributed by atoms with E-state index < -0.39 is 5.97 Å². The van der Waals surface area contributed by atoms with Crippen molar-refractivity contribution >= 4 is 5.97 Å². The van der Waals surface area contributed by atoms with E-state index in [1.54, 1.807) is 0 Å². The van der Waals surface area contributed by atoms with Gasteiger partial charge in [0.25, 0.3) is 0 Å². The maximum absolute atomic E-state index is 11.4. The van der Waals surface area contributed by atoms with Gasteiger partial charge in [-0.05, 0) is 63.1 Å². The monoisotopic (exact) mass is 273 g/mol. The second-order valence-corrected chi connectivity index (χ2v) is 6.24. The summed E-state index contributed by atoms with van der Waals surface area (Å²) < 4.78 is 0. The molecule has 1 saturated heterocycles. The van der Waals surface area contributed by atoms with Gasteiger partial charge in [0.2, 0.25) is 0 Å². The Morgan fingerprint density at radius 1 is 1.20 bits per heavy atom. The molecule has 1 aliphatic carbocycles. The minimum absolute atomic E-state index is 0.247. The highest BCUT2D eigenvalue weighted by Gasteiger charge is 2.35. The summed E-state index contributed by atoms with van der Waals surface area (Å²) in [5, 5.41) is 9.35. The number of rotatable bonds is 2. The standard InChI is InChI=1S/C17H23NO2/c1-12-4-5-13-6-8-15(9-7-14(13)11-12)18-10-2-3-16(18)17(19)20/h4-5,11,15-16H,2-3,6-10H2,1H3,(H,19,20)/t15?,16-/m0/s1. The summed E-state index contributed by atoms with van der Waals surface area (Å²) in [5.41, 5.74) is 4.26. The van der Waals surface area contributed by atoms with Crippen LogP contribution in [0.1, 0.15) is 42.4 Å². The van der Waals surface area contributed by atoms with Crippen LogP contribution in [0.3, 0.4) is 0 Å². The average molecular weight is 273 g/mol. The summed E-state index contributed by atoms with van der Waals surface area (Å²) in [6.45, 7) is 3.10. The third-order valence-electron chi connectivity index (χ3n) is 4.90. The van der Waals surface area contributed by atoms with Crippen molar-refractivity contribution in [2.75, 3.05) is 6.54 Å². The fraction of sp³-hybridized carbons (Fsp3) is 0.588. The molecule has 1 aliphatic heterocycles. The second kappa shape index (κ2) is 5.57. The van der Waals surface area contributed by atoms with Gasteiger partial charge in [-0.2, -0.15) is 0 Å². The van der Waals surface area contributed by atoms with E-state index in [-0.39, 0.29) is 6.04 Å². The van der Waals surface area contributed by atoms with Crippen LogP contribution in [-0.2, 0) is 17.6 Å². The number of nitrogens with zero attached hydrogens (tertiary/aromatic N) is 1. The van der Waals surface area contributed by atoms with Crippen molar-refractivity contribution < 1.29 is 9.90 Å². The van der Waals surface area contributed by atoms with Crippen LogP contribution < -0.4 is 0 Å². The van der Waals surface area contributed by atoms with E-state index in [1.807, 2.05) is 0 Å². The zero-order valence-corrected chi connectivity index (χ0v) is 12.1. The minimum Gasteiger partial charge on any atom is -0.480 e. The third kappa shape index (κ3) is 2.59. The molecule has 108 valence electrons. The van der Waals surface area contributed by atoms with Gasteiger partial charge in [-0.3, -0.25) is 9.69 Å². The zero-order valence-electron chi connectivity index (χ0n) is 12.1. The Morgan fingerprint density at radius 3 is 2.70 bits per heavy atom. The Bertz CT molecular complexity index is 512. The number of aliphatic carboxylic acids is 1. The third-order valence-corrected chi connectivity index (χ3v) is 4.90. The molecular formula is C17H23NO2. The quantitative estimate of drug-likeness (QED) is 0.842. The van der Waals surface area contributed by atoms with Gasteiger partial charge in [0.1, 0.15) is 6.04 Å². The Morgan fingerprint density at radius 2 is 1.95 bits per heavy atom. The first kappa shape index (κ1) is 13.6. The molecule has 1 unspecified atom stereocenters. The van der Waals surface area contributed by atoms with Crippen molar-refractivity contribution in [3.05, 3.63) is 34.9 Å². The Hall–Kier alpha value is -1.35. The first-order chi connectivity index (χ1) is 9.65. The van der Waals surface area contributed by atoms with Crippen molar-refractivity contribution in [3.63, 3.8) is 0 Å². The van der Waals surface area contributed by atoms with Crippen LogP contribution in [0.15, 0.2) is 18.2 Å². The van der Waals surface area contributed by atoms with Gasteiger partial charge in [0.05, 0.1) is 0 Å². The molecule has 3 nitrogen and oxygen atoms in total. The van der Waals surface area contributed by atoms with Crippen molar-refractivity contribution in [1.29, 1.82) is 0 Å². The van der Waals surface area contributed by atoms with E-state index in [1.165, 1.54) is 16.7 Å². The fourth-order valence-electron chi connectivity index (χ4n) is 3.84. The lowest BCUT2D eigenvalue weighted by atomic mass is 10.0. The fourth-order valence-corrected chi connectivity index (χ4v) is 3.84. The Labute approximate surface area is 120 Å². The van der Waals surface area contributed by atoms with Crippen LogP contribution in [0.4, 0.5) is 0 Å². The number of benzene rings is 1. The molecular weight excluding hydrogens is 250 g/mol. The molecule has 0 bridgehead atoms. The van der Waals surface area contributed by atoms with Gasteiger partial charge in [-0.1, -0.05) is 23.8 Å². The number of carbonyl (C=O) groups is 1. The summed E-state index contributed by atoms with van der Waals surface area (Å²) in [5.74, 6) is -0.639. The van der Waals surface area contributed by atoms with Crippen LogP contribution in [0.25, 0.3) is 0 Å². The molecule has 2 atom stereocenters. The van der Waals surface area contributed by atoms with E-state index in [0.29, 0.717) is 6.04 Å². The van der Waals surface area contributed by atoms with E-state index in [4.69, 9.17) is 0 Å². The molecule has 1 heterocycles. The SMILES string of the molecule is Cc1ccc2c(c1)CCC(N1CCC[C@H]1C(=O)O)CC2. The molecule has 1 aromatic carbocycles. The number of aryl methyl sites for hydroxylation is 3. The van der Waals surface area contributed by atoms with E-state index in [0.717, 1.165) is 45.1 Å². The van der Waals surface area contributed by atoms with E-state index >= 15 is 0 Å². The summed E-state index contributed by atoms with van der Waals surface area (Å²) in [6, 6.07) is 6.94. The van der Waals surface area contributed by atoms with Crippen LogP contribution in [0, 0.1) is 6.92 Å². The zero-order chi connectivity index (χ0) is 14.1. The molecule has 3 rings (SSSR count). The largest absolute Gasteiger partial charge is 0.480 e. The summed E-state index contributed by atoms with van der Waals surface area (Å²) >= 11 is 0. The number of fused-ring (bicyclic) bond motifs is 1. The normalized spacial score (nSPS) is 27.1. The molecule has 0 saturated carbocycles. The first-order valence-corrected chi connectivity index (χ1v) is 7.72. The van der Waals surface area contributed by atoms with Gasteiger partial charge in [0, 0.05) is 6.04 Å². The van der Waals surface area contributed by atoms with Crippen molar-refractivity contribution in [1.82, 2.24) is 4.90 Å². The number of hydrogen-bond acceptors (Lipinski definition) is 2. The Kier molecular flexibility index (Phi) is 3.79. The van der Waals surface area contributed by atoms with Gasteiger partial charge >= 0.3 is 5.97 Å². The lowest BCUT2D eigenvalue weighted by molar-refractivity contribution is -0.143. The maximum atomic E-state index is 11.4. The number of carboxylic acids is 1. The predicted octanol–water partition coefficient (Wildman–Crippen LogP) is 2.79. The highest BCUT2D eigenvalue weighted by atomic mass is 16.4. The molecule has 2 aliphatic rings. The van der Waals surface area contributed by atoms with Crippen LogP contribution in [-0.4, -0.2) is 34.6 Å². The topological polar surface area (TPSA) is 40.5 Å². The van der Waals surface area contributed by atoms with Gasteiger partial charge in [0.15, 0.2) is 0 Å². The first-order valence-electron chi connectivity index (χ1n) is 7.72. The molecule has 3 heteroatoms. The minimum atomic E-state index is -0.639. The highest BCUT2D eigenvalue weighted by molar-refractivity contribution is 5.73. The van der Waals surface area contributed by atoms with Gasteiger partial charge < -0.3 is 5.11 Å². The summed E-state index contributed by atoms with van der Waals surface area (Å²) in [4.78, 5) is 13.6. The van der Waals surface area contributed by atoms with Crippen LogP contribution in [0.2, 0.25) is 0 Å². The summed E-state index contributed by atoms with van der Waals surface area (Å²) in [7, 11) is 0. The van der Waals surface area contributed by atoms with Crippen molar-refractivity contribution in [2.45, 2.75) is 57.5 Å². The van der Waals surface area contributed by atoms with E-state index in [9.17, 15) is 9.90 Å².